The van der Waals surface area contributed by atoms with Crippen LogP contribution in [0.25, 0.3) is 0 Å². The van der Waals surface area contributed by atoms with Gasteiger partial charge < -0.3 is 37.9 Å². The van der Waals surface area contributed by atoms with Crippen molar-refractivity contribution >= 4 is 79.4 Å². The molecule has 0 aromatic heterocycles. The number of benzene rings is 14. The molecule has 0 bridgehead atoms. The van der Waals surface area contributed by atoms with Gasteiger partial charge in [-0.15, -0.1) is 0 Å². The Hall–Kier alpha value is -13.1. The van der Waals surface area contributed by atoms with E-state index >= 15 is 0 Å². The van der Waals surface area contributed by atoms with E-state index in [2.05, 4.69) is 170 Å². The van der Waals surface area contributed by atoms with Gasteiger partial charge in [0, 0.05) is 0 Å². The molecule has 14 nitrogen and oxygen atoms in total. The van der Waals surface area contributed by atoms with Crippen LogP contribution in [-0.4, -0.2) is 49.0 Å². The van der Waals surface area contributed by atoms with Gasteiger partial charge in [0.1, 0.15) is 46.0 Å². The number of hydrogen-bond acceptors (Lipinski definition) is 14. The molecule has 652 valence electrons. The van der Waals surface area contributed by atoms with E-state index in [4.69, 9.17) is 37.9 Å². The van der Waals surface area contributed by atoms with Gasteiger partial charge in [0.05, 0.1) is 66.2 Å². The number of carbonyl (C=O) groups excluding carboxylic acids is 6. The highest BCUT2D eigenvalue weighted by atomic mass is 32.2. The maximum atomic E-state index is 12.3. The van der Waals surface area contributed by atoms with Crippen molar-refractivity contribution in [2.45, 2.75) is 154 Å². The molecule has 0 spiro atoms. The summed E-state index contributed by atoms with van der Waals surface area (Å²) in [6, 6.07) is 129. The lowest BCUT2D eigenvalue weighted by Crippen LogP contribution is -2.29. The zero-order valence-electron chi connectivity index (χ0n) is 73.7. The average Bonchev–Trinajstić information content (AvgIpc) is 0.819. The maximum absolute atomic E-state index is 12.3. The Morgan fingerprint density at radius 2 is 0.430 bits per heavy atom. The van der Waals surface area contributed by atoms with Crippen LogP contribution in [0.2, 0.25) is 0 Å². The van der Waals surface area contributed by atoms with Crippen LogP contribution in [0.4, 0.5) is 0 Å². The Balaban J connectivity index is 0.000000166. The van der Waals surface area contributed by atoms with Gasteiger partial charge in [-0.25, -0.2) is 9.59 Å². The monoisotopic (exact) mass is 1780 g/mol. The quantitative estimate of drug-likeness (QED) is 0.0221. The summed E-state index contributed by atoms with van der Waals surface area (Å²) in [6.07, 6.45) is 2.78. The standard InChI is InChI=1S/C30H29O3S.C29H27O3S.C26H27O4S.C25H25O4S/c1-4-30(2,3)29(31)33-25-17-15-23(16-18-25)32-24-19-21-28(22-20-24)34(26-11-7-5-8-12-26)27-13-9-6-10-14-27;1-3-22(2)29(30)32-25-16-14-23(15-17-25)31-24-18-20-28(21-19-24)33(26-10-6-4-7-11-26)27-12-8-5-9-13-27;1-4-26(2,3)25(28)29-19-24(27)30-20-15-17-23(18-16-20)31(21-11-7-5-8-12-21)22-13-9-6-10-14-22;1-3-19(2)25(27)28-18-24(26)29-20-14-16-23(17-15-20)30(21-10-6-4-7-11-21)22-12-8-5-9-13-22/h5-22H,4H2,1-3H3;4-22H,3H2,1-2H3;5-18H,4,19H2,1-3H3;4-17,19H,3,18H2,1-2H3/q4*+1. The molecule has 0 fully saturated rings. The molecule has 18 heteroatoms. The Morgan fingerprint density at radius 1 is 0.234 bits per heavy atom. The molecule has 0 N–H and O–H groups in total. The smallest absolute Gasteiger partial charge is 0.349 e. The minimum Gasteiger partial charge on any atom is -0.457 e. The van der Waals surface area contributed by atoms with Gasteiger partial charge in [-0.1, -0.05) is 187 Å². The molecule has 0 aliphatic rings. The van der Waals surface area contributed by atoms with Crippen LogP contribution >= 0.6 is 0 Å². The second-order valence-electron chi connectivity index (χ2n) is 30.8. The van der Waals surface area contributed by atoms with E-state index in [9.17, 15) is 28.8 Å². The number of esters is 6. The molecule has 0 radical (unpaired) electrons. The molecule has 0 amide bonds. The largest absolute Gasteiger partial charge is 0.457 e. The first-order valence-corrected chi connectivity index (χ1v) is 47.5. The normalized spacial score (nSPS) is 11.5. The molecule has 0 saturated carbocycles. The summed E-state index contributed by atoms with van der Waals surface area (Å²) in [4.78, 5) is 86.7. The SMILES string of the molecule is CCC(C)(C)C(=O)OCC(=O)Oc1ccc([S+](c2ccccc2)c2ccccc2)cc1.CCC(C)(C)C(=O)Oc1ccc(Oc2ccc([S+](c3ccccc3)c3ccccc3)cc2)cc1.CCC(C)C(=O)OCC(=O)Oc1ccc([S+](c2ccccc2)c2ccccc2)cc1.CCC(C)C(=O)Oc1ccc(Oc2ccc([S+](c3ccccc3)c3ccccc3)cc2)cc1. The summed E-state index contributed by atoms with van der Waals surface area (Å²) in [6.45, 7) is 17.9. The van der Waals surface area contributed by atoms with Crippen molar-refractivity contribution in [1.82, 2.24) is 0 Å². The van der Waals surface area contributed by atoms with Gasteiger partial charge >= 0.3 is 35.8 Å². The van der Waals surface area contributed by atoms with E-state index in [1.54, 1.807) is 69.3 Å². The molecule has 14 aromatic carbocycles. The second kappa shape index (κ2) is 48.6. The molecular weight excluding hydrogens is 1670 g/mol. The van der Waals surface area contributed by atoms with Crippen LogP contribution in [0.3, 0.4) is 0 Å². The van der Waals surface area contributed by atoms with Crippen molar-refractivity contribution in [2.24, 2.45) is 22.7 Å². The first-order valence-electron chi connectivity index (χ1n) is 42.6. The molecule has 14 rings (SSSR count). The zero-order valence-corrected chi connectivity index (χ0v) is 77.0. The molecule has 0 aliphatic carbocycles. The van der Waals surface area contributed by atoms with Crippen molar-refractivity contribution in [1.29, 1.82) is 0 Å². The Bertz CT molecular complexity index is 5590. The van der Waals surface area contributed by atoms with Crippen molar-refractivity contribution in [2.75, 3.05) is 13.2 Å². The first kappa shape index (κ1) is 95.6. The van der Waals surface area contributed by atoms with E-state index in [1.165, 1.54) is 49.0 Å². The van der Waals surface area contributed by atoms with Crippen molar-refractivity contribution in [3.63, 3.8) is 0 Å². The van der Waals surface area contributed by atoms with Gasteiger partial charge in [-0.2, -0.15) is 0 Å². The second-order valence-corrected chi connectivity index (χ2v) is 38.9. The third-order valence-electron chi connectivity index (χ3n) is 20.6. The van der Waals surface area contributed by atoms with Crippen LogP contribution in [-0.2, 0) is 81.8 Å². The van der Waals surface area contributed by atoms with Gasteiger partial charge in [0.15, 0.2) is 72.0 Å². The molecular formula is C110H108O14S4+4. The lowest BCUT2D eigenvalue weighted by atomic mass is 9.91. The highest BCUT2D eigenvalue weighted by Crippen LogP contribution is 2.39. The molecule has 0 aliphatic heterocycles. The molecule has 128 heavy (non-hydrogen) atoms. The topological polar surface area (TPSA) is 176 Å². The lowest BCUT2D eigenvalue weighted by molar-refractivity contribution is -0.161. The molecule has 2 atom stereocenters. The number of ether oxygens (including phenoxy) is 8. The predicted octanol–water partition coefficient (Wildman–Crippen LogP) is 26.4. The van der Waals surface area contributed by atoms with E-state index in [-0.39, 0.29) is 79.9 Å². The van der Waals surface area contributed by atoms with Gasteiger partial charge in [-0.3, -0.25) is 19.2 Å². The van der Waals surface area contributed by atoms with Crippen LogP contribution in [0.15, 0.2) is 447 Å². The van der Waals surface area contributed by atoms with Crippen molar-refractivity contribution < 1.29 is 66.7 Å². The fourth-order valence-corrected chi connectivity index (χ4v) is 20.4. The Labute approximate surface area is 764 Å². The molecule has 0 saturated heterocycles. The van der Waals surface area contributed by atoms with Crippen LogP contribution in [0.1, 0.15) is 94.9 Å². The summed E-state index contributed by atoms with van der Waals surface area (Å²) in [5.41, 5.74) is -1.12. The van der Waals surface area contributed by atoms with E-state index in [1.807, 2.05) is 218 Å². The first-order chi connectivity index (χ1) is 62.1. The molecule has 2 unspecified atom stereocenters. The summed E-state index contributed by atoms with van der Waals surface area (Å²) in [5.74, 6) is 2.00. The van der Waals surface area contributed by atoms with E-state index in [0.717, 1.165) is 34.1 Å². The predicted molar refractivity (Wildman–Crippen MR) is 511 cm³/mol. The van der Waals surface area contributed by atoms with E-state index < -0.39 is 35.3 Å². The van der Waals surface area contributed by atoms with Crippen molar-refractivity contribution in [3.8, 4) is 46.0 Å². The lowest BCUT2D eigenvalue weighted by Gasteiger charge is -2.20. The van der Waals surface area contributed by atoms with Gasteiger partial charge in [-0.05, 0) is 296 Å². The summed E-state index contributed by atoms with van der Waals surface area (Å²) < 4.78 is 43.7. The zero-order chi connectivity index (χ0) is 90.6. The summed E-state index contributed by atoms with van der Waals surface area (Å²) in [5, 5.41) is 0. The third-order valence-corrected chi connectivity index (χ3v) is 29.6. The fraction of sp³-hybridized carbons (Fsp3) is 0.182. The minimum atomic E-state index is -0.618. The summed E-state index contributed by atoms with van der Waals surface area (Å²) >= 11 is 0. The van der Waals surface area contributed by atoms with Gasteiger partial charge in [0.25, 0.3) is 0 Å². The fourth-order valence-electron chi connectivity index (χ4n) is 12.1. The third kappa shape index (κ3) is 28.5. The van der Waals surface area contributed by atoms with Crippen molar-refractivity contribution in [3.05, 3.63) is 388 Å². The van der Waals surface area contributed by atoms with Crippen LogP contribution in [0.5, 0.6) is 46.0 Å². The number of hydrogen-bond donors (Lipinski definition) is 0. The Morgan fingerprint density at radius 3 is 0.680 bits per heavy atom. The minimum absolute atomic E-state index is 0.115. The number of carbonyl (C=O) groups is 6. The van der Waals surface area contributed by atoms with E-state index in [0.29, 0.717) is 47.3 Å². The molecule has 14 aromatic rings. The van der Waals surface area contributed by atoms with Crippen LogP contribution in [0, 0.1) is 22.7 Å². The van der Waals surface area contributed by atoms with Gasteiger partial charge in [0.2, 0.25) is 0 Å². The average molecular weight is 1780 g/mol. The molecule has 0 heterocycles. The highest BCUT2D eigenvalue weighted by molar-refractivity contribution is 7.98. The Kier molecular flexibility index (Phi) is 36.3. The summed E-state index contributed by atoms with van der Waals surface area (Å²) in [7, 11) is -0.905. The van der Waals surface area contributed by atoms with Crippen LogP contribution < -0.4 is 28.4 Å². The number of rotatable bonds is 32. The maximum Gasteiger partial charge on any atom is 0.349 e. The highest BCUT2D eigenvalue weighted by Gasteiger charge is 2.35.